The van der Waals surface area contributed by atoms with Crippen molar-refractivity contribution in [1.82, 2.24) is 9.80 Å². The number of likely N-dealkylation sites (N-methyl/N-ethyl adjacent to an activating group) is 2. The summed E-state index contributed by atoms with van der Waals surface area (Å²) in [7, 11) is 6.53. The quantitative estimate of drug-likeness (QED) is 0.474. The summed E-state index contributed by atoms with van der Waals surface area (Å²) in [6.07, 6.45) is 8.81. The van der Waals surface area contributed by atoms with Crippen LogP contribution >= 0.6 is 0 Å². The van der Waals surface area contributed by atoms with E-state index < -0.39 is 0 Å². The number of aromatic nitrogens is 1. The first-order chi connectivity index (χ1) is 18.0. The lowest BCUT2D eigenvalue weighted by Crippen LogP contribution is -2.44. The van der Waals surface area contributed by atoms with Gasteiger partial charge in [-0.05, 0) is 67.7 Å². The van der Waals surface area contributed by atoms with Crippen LogP contribution in [0.2, 0.25) is 0 Å². The molecule has 2 aliphatic rings. The van der Waals surface area contributed by atoms with E-state index >= 15 is 0 Å². The van der Waals surface area contributed by atoms with Crippen molar-refractivity contribution < 1.29 is 4.57 Å². The summed E-state index contributed by atoms with van der Waals surface area (Å²) in [5.74, 6) is 0. The largest absolute Gasteiger partial charge is 0.369 e. The third-order valence-corrected chi connectivity index (χ3v) is 7.72. The van der Waals surface area contributed by atoms with Crippen LogP contribution in [0, 0.1) is 0 Å². The Labute approximate surface area is 222 Å². The highest BCUT2D eigenvalue weighted by molar-refractivity contribution is 5.70. The van der Waals surface area contributed by atoms with Gasteiger partial charge in [0.15, 0.2) is 0 Å². The molecule has 0 radical (unpaired) electrons. The van der Waals surface area contributed by atoms with Crippen LogP contribution in [-0.2, 0) is 7.05 Å². The summed E-state index contributed by atoms with van der Waals surface area (Å²) in [6.45, 7) is 8.92. The van der Waals surface area contributed by atoms with Crippen molar-refractivity contribution in [1.29, 1.82) is 0 Å². The first kappa shape index (κ1) is 25.2. The third-order valence-electron chi connectivity index (χ3n) is 7.72. The van der Waals surface area contributed by atoms with Gasteiger partial charge in [-0.2, -0.15) is 4.57 Å². The van der Waals surface area contributed by atoms with Crippen LogP contribution in [0.4, 0.5) is 11.4 Å². The van der Waals surface area contributed by atoms with Crippen molar-refractivity contribution in [3.8, 4) is 0 Å². The summed E-state index contributed by atoms with van der Waals surface area (Å²) in [5, 5.41) is 0. The highest BCUT2D eigenvalue weighted by Gasteiger charge is 2.15. The molecule has 5 heteroatoms. The summed E-state index contributed by atoms with van der Waals surface area (Å²) in [5.41, 5.74) is 7.43. The van der Waals surface area contributed by atoms with Gasteiger partial charge in [-0.15, -0.1) is 0 Å². The van der Waals surface area contributed by atoms with Gasteiger partial charge in [0.1, 0.15) is 7.05 Å². The van der Waals surface area contributed by atoms with Crippen molar-refractivity contribution in [2.45, 2.75) is 0 Å². The minimum Gasteiger partial charge on any atom is -0.369 e. The van der Waals surface area contributed by atoms with Crippen LogP contribution < -0.4 is 14.4 Å². The number of rotatable bonds is 6. The fourth-order valence-corrected chi connectivity index (χ4v) is 5.04. The molecule has 1 aromatic heterocycles. The average Bonchev–Trinajstić information content (AvgIpc) is 2.93. The zero-order chi connectivity index (χ0) is 25.6. The molecule has 5 rings (SSSR count). The second-order valence-electron chi connectivity index (χ2n) is 10.4. The van der Waals surface area contributed by atoms with Gasteiger partial charge in [0, 0.05) is 88.0 Å². The van der Waals surface area contributed by atoms with Gasteiger partial charge in [0.05, 0.1) is 0 Å². The fraction of sp³-hybridized carbons (Fsp3) is 0.344. The Kier molecular flexibility index (Phi) is 8.02. The second kappa shape index (κ2) is 11.8. The number of pyridine rings is 1. The van der Waals surface area contributed by atoms with Crippen molar-refractivity contribution >= 4 is 35.7 Å². The van der Waals surface area contributed by atoms with E-state index in [9.17, 15) is 0 Å². The van der Waals surface area contributed by atoms with Gasteiger partial charge >= 0.3 is 0 Å². The van der Waals surface area contributed by atoms with E-state index in [2.05, 4.69) is 136 Å². The minimum atomic E-state index is 1.10. The molecule has 0 unspecified atom stereocenters. The molecule has 2 fully saturated rings. The van der Waals surface area contributed by atoms with E-state index in [4.69, 9.17) is 0 Å². The van der Waals surface area contributed by atoms with E-state index in [1.54, 1.807) is 0 Å². The Hall–Kier alpha value is -3.41. The van der Waals surface area contributed by atoms with Crippen LogP contribution in [0.1, 0.15) is 22.5 Å². The number of hydrogen-bond acceptors (Lipinski definition) is 4. The first-order valence-electron chi connectivity index (χ1n) is 13.5. The van der Waals surface area contributed by atoms with Crippen molar-refractivity contribution in [2.75, 3.05) is 76.3 Å². The molecule has 0 N–H and O–H groups in total. The molecule has 2 saturated heterocycles. The van der Waals surface area contributed by atoms with E-state index in [0.29, 0.717) is 0 Å². The molecule has 192 valence electrons. The van der Waals surface area contributed by atoms with Crippen LogP contribution in [0.5, 0.6) is 0 Å². The van der Waals surface area contributed by atoms with Crippen LogP contribution in [0.25, 0.3) is 24.3 Å². The zero-order valence-corrected chi connectivity index (χ0v) is 22.6. The number of anilines is 2. The predicted molar refractivity (Wildman–Crippen MR) is 158 cm³/mol. The van der Waals surface area contributed by atoms with Crippen LogP contribution in [0.15, 0.2) is 66.7 Å². The SMILES string of the molecule is CN1CCN(c2ccc(/C=C/c3cccc(/C=C/c4ccc(N5CCN(C)CC5)cc4)[n+]3C)cc2)CC1. The predicted octanol–water partition coefficient (Wildman–Crippen LogP) is 4.36. The van der Waals surface area contributed by atoms with Gasteiger partial charge in [-0.1, -0.05) is 24.3 Å². The molecular formula is C32H40N5+. The molecule has 3 heterocycles. The van der Waals surface area contributed by atoms with Crippen molar-refractivity contribution in [3.63, 3.8) is 0 Å². The maximum Gasteiger partial charge on any atom is 0.205 e. The fourth-order valence-electron chi connectivity index (χ4n) is 5.04. The molecule has 2 aromatic carbocycles. The maximum atomic E-state index is 2.48. The Morgan fingerprint density at radius 2 is 0.892 bits per heavy atom. The molecule has 0 saturated carbocycles. The molecule has 37 heavy (non-hydrogen) atoms. The molecule has 0 spiro atoms. The highest BCUT2D eigenvalue weighted by atomic mass is 15.3. The van der Waals surface area contributed by atoms with E-state index in [0.717, 1.165) is 52.4 Å². The number of benzene rings is 2. The molecule has 0 bridgehead atoms. The van der Waals surface area contributed by atoms with Gasteiger partial charge in [0.2, 0.25) is 11.4 Å². The molecule has 3 aromatic rings. The Bertz CT molecular complexity index is 1120. The lowest BCUT2D eigenvalue weighted by molar-refractivity contribution is -0.675. The third kappa shape index (κ3) is 6.48. The number of piperazine rings is 2. The standard InChI is InChI=1S/C32H40N5/c1-33-19-23-36(24-20-33)31-15-9-27(10-16-31)7-13-29-5-4-6-30(35(29)3)14-8-28-11-17-32(18-12-28)37-25-21-34(2)22-26-37/h4-18H,19-26H2,1-3H3/q+1. The highest BCUT2D eigenvalue weighted by Crippen LogP contribution is 2.19. The lowest BCUT2D eigenvalue weighted by Gasteiger charge is -2.34. The average molecular weight is 495 g/mol. The summed E-state index contributed by atoms with van der Waals surface area (Å²) in [4.78, 5) is 9.73. The maximum absolute atomic E-state index is 2.48. The Morgan fingerprint density at radius 3 is 1.27 bits per heavy atom. The second-order valence-corrected chi connectivity index (χ2v) is 10.4. The van der Waals surface area contributed by atoms with Crippen molar-refractivity contribution in [2.24, 2.45) is 7.05 Å². The topological polar surface area (TPSA) is 16.8 Å². The van der Waals surface area contributed by atoms with E-state index in [1.807, 2.05) is 0 Å². The van der Waals surface area contributed by atoms with E-state index in [1.165, 1.54) is 33.9 Å². The molecule has 0 amide bonds. The lowest BCUT2D eigenvalue weighted by atomic mass is 10.1. The summed E-state index contributed by atoms with van der Waals surface area (Å²) in [6, 6.07) is 24.3. The zero-order valence-electron chi connectivity index (χ0n) is 22.6. The molecule has 0 atom stereocenters. The van der Waals surface area contributed by atoms with Crippen LogP contribution in [0.3, 0.4) is 0 Å². The smallest absolute Gasteiger partial charge is 0.205 e. The Balaban J connectivity index is 1.22. The van der Waals surface area contributed by atoms with E-state index in [-0.39, 0.29) is 0 Å². The normalized spacial score (nSPS) is 17.8. The van der Waals surface area contributed by atoms with Gasteiger partial charge in [0.25, 0.3) is 0 Å². The first-order valence-corrected chi connectivity index (χ1v) is 13.5. The monoisotopic (exact) mass is 494 g/mol. The summed E-state index contributed by atoms with van der Waals surface area (Å²) >= 11 is 0. The number of hydrogen-bond donors (Lipinski definition) is 0. The summed E-state index contributed by atoms with van der Waals surface area (Å²) < 4.78 is 2.24. The van der Waals surface area contributed by atoms with Gasteiger partial charge in [-0.25, -0.2) is 0 Å². The van der Waals surface area contributed by atoms with Gasteiger partial charge in [-0.3, -0.25) is 0 Å². The molecule has 5 nitrogen and oxygen atoms in total. The molecular weight excluding hydrogens is 454 g/mol. The Morgan fingerprint density at radius 1 is 0.514 bits per heavy atom. The molecule has 0 aliphatic carbocycles. The van der Waals surface area contributed by atoms with Crippen molar-refractivity contribution in [3.05, 3.63) is 89.2 Å². The molecule has 2 aliphatic heterocycles. The number of nitrogens with zero attached hydrogens (tertiary/aromatic N) is 5. The van der Waals surface area contributed by atoms with Crippen LogP contribution in [-0.4, -0.2) is 76.3 Å². The van der Waals surface area contributed by atoms with Gasteiger partial charge < -0.3 is 19.6 Å². The minimum absolute atomic E-state index is 1.10.